The summed E-state index contributed by atoms with van der Waals surface area (Å²) in [4.78, 5) is 13.6. The SMILES string of the molecule is CN=C(NCC1CCN(c2ccccc2)C1)NC1CCN(c2ncccc2Cl)C1. The first kappa shape index (κ1) is 19.8. The molecule has 2 atom stereocenters. The molecule has 2 N–H and O–H groups in total. The number of hydrogen-bond donors (Lipinski definition) is 2. The van der Waals surface area contributed by atoms with E-state index in [1.807, 2.05) is 19.2 Å². The second-order valence-electron chi connectivity index (χ2n) is 7.77. The number of aliphatic imine (C=N–C) groups is 1. The maximum Gasteiger partial charge on any atom is 0.191 e. The van der Waals surface area contributed by atoms with Gasteiger partial charge >= 0.3 is 0 Å². The Bertz CT molecular complexity index is 827. The van der Waals surface area contributed by atoms with Crippen LogP contribution in [-0.4, -0.2) is 56.8 Å². The van der Waals surface area contributed by atoms with E-state index in [0.717, 1.165) is 50.9 Å². The molecule has 6 nitrogen and oxygen atoms in total. The molecule has 0 amide bonds. The van der Waals surface area contributed by atoms with E-state index >= 15 is 0 Å². The minimum absolute atomic E-state index is 0.337. The van der Waals surface area contributed by atoms with Gasteiger partial charge in [-0.2, -0.15) is 0 Å². The van der Waals surface area contributed by atoms with Crippen LogP contribution >= 0.6 is 11.6 Å². The van der Waals surface area contributed by atoms with Gasteiger partial charge in [-0.25, -0.2) is 4.98 Å². The lowest BCUT2D eigenvalue weighted by Gasteiger charge is -2.21. The summed E-state index contributed by atoms with van der Waals surface area (Å²) in [6.07, 6.45) is 4.04. The molecule has 2 aliphatic heterocycles. The Balaban J connectivity index is 1.24. The molecule has 3 heterocycles. The van der Waals surface area contributed by atoms with Crippen LogP contribution in [-0.2, 0) is 0 Å². The van der Waals surface area contributed by atoms with E-state index in [9.17, 15) is 0 Å². The normalized spacial score (nSPS) is 22.2. The molecule has 2 aromatic rings. The minimum Gasteiger partial charge on any atom is -0.371 e. The monoisotopic (exact) mass is 412 g/mol. The fourth-order valence-corrected chi connectivity index (χ4v) is 4.42. The Hall–Kier alpha value is -2.47. The van der Waals surface area contributed by atoms with Crippen molar-refractivity contribution in [3.05, 3.63) is 53.7 Å². The van der Waals surface area contributed by atoms with E-state index in [4.69, 9.17) is 11.6 Å². The van der Waals surface area contributed by atoms with Gasteiger partial charge in [0.15, 0.2) is 5.96 Å². The number of hydrogen-bond acceptors (Lipinski definition) is 4. The first-order chi connectivity index (χ1) is 14.2. The third kappa shape index (κ3) is 4.93. The van der Waals surface area contributed by atoms with Crippen molar-refractivity contribution in [2.45, 2.75) is 18.9 Å². The summed E-state index contributed by atoms with van der Waals surface area (Å²) in [6.45, 7) is 4.96. The first-order valence-corrected chi connectivity index (χ1v) is 10.7. The van der Waals surface area contributed by atoms with Gasteiger partial charge in [0.05, 0.1) is 5.02 Å². The van der Waals surface area contributed by atoms with Gasteiger partial charge in [-0.05, 0) is 43.0 Å². The van der Waals surface area contributed by atoms with Crippen LogP contribution in [0.1, 0.15) is 12.8 Å². The van der Waals surface area contributed by atoms with E-state index < -0.39 is 0 Å². The molecule has 7 heteroatoms. The van der Waals surface area contributed by atoms with E-state index in [-0.39, 0.29) is 0 Å². The van der Waals surface area contributed by atoms with Crippen LogP contribution in [0.4, 0.5) is 11.5 Å². The Labute approximate surface area is 178 Å². The number of nitrogens with zero attached hydrogens (tertiary/aromatic N) is 4. The standard InChI is InChI=1S/C22H29ClN6/c1-24-22(26-14-17-9-12-28(15-17)19-6-3-2-4-7-19)27-18-10-13-29(16-18)21-20(23)8-5-11-25-21/h2-8,11,17-18H,9-10,12-16H2,1H3,(H2,24,26,27). The van der Waals surface area contributed by atoms with E-state index in [1.165, 1.54) is 12.1 Å². The number of aromatic nitrogens is 1. The van der Waals surface area contributed by atoms with Crippen LogP contribution < -0.4 is 20.4 Å². The molecule has 0 bridgehead atoms. The summed E-state index contributed by atoms with van der Waals surface area (Å²) in [5.41, 5.74) is 1.32. The van der Waals surface area contributed by atoms with Gasteiger partial charge in [0.25, 0.3) is 0 Å². The molecule has 0 spiro atoms. The quantitative estimate of drug-likeness (QED) is 0.584. The van der Waals surface area contributed by atoms with Gasteiger partial charge in [-0.15, -0.1) is 0 Å². The zero-order chi connectivity index (χ0) is 20.1. The topological polar surface area (TPSA) is 55.8 Å². The predicted octanol–water partition coefficient (Wildman–Crippen LogP) is 3.01. The van der Waals surface area contributed by atoms with E-state index in [0.29, 0.717) is 17.0 Å². The van der Waals surface area contributed by atoms with Crippen molar-refractivity contribution < 1.29 is 0 Å². The third-order valence-corrected chi connectivity index (χ3v) is 6.05. The number of guanidine groups is 1. The van der Waals surface area contributed by atoms with Crippen LogP contribution in [0, 0.1) is 5.92 Å². The maximum absolute atomic E-state index is 6.30. The Morgan fingerprint density at radius 1 is 1.10 bits per heavy atom. The molecule has 1 aromatic carbocycles. The second kappa shape index (κ2) is 9.35. The fraction of sp³-hybridized carbons (Fsp3) is 0.455. The Kier molecular flexibility index (Phi) is 6.39. The number of pyridine rings is 1. The highest BCUT2D eigenvalue weighted by Crippen LogP contribution is 2.26. The van der Waals surface area contributed by atoms with Crippen molar-refractivity contribution in [2.24, 2.45) is 10.9 Å². The van der Waals surface area contributed by atoms with Crippen molar-refractivity contribution in [1.82, 2.24) is 15.6 Å². The number of benzene rings is 1. The molecular formula is C22H29ClN6. The van der Waals surface area contributed by atoms with Gasteiger partial charge in [0.2, 0.25) is 0 Å². The second-order valence-corrected chi connectivity index (χ2v) is 8.18. The summed E-state index contributed by atoms with van der Waals surface area (Å²) in [5, 5.41) is 7.80. The zero-order valence-corrected chi connectivity index (χ0v) is 17.6. The summed E-state index contributed by atoms with van der Waals surface area (Å²) < 4.78 is 0. The van der Waals surface area contributed by atoms with Gasteiger partial charge in [0, 0.05) is 57.7 Å². The average Bonchev–Trinajstić information content (AvgIpc) is 3.42. The summed E-state index contributed by atoms with van der Waals surface area (Å²) in [6, 6.07) is 14.8. The lowest BCUT2D eigenvalue weighted by molar-refractivity contribution is 0.557. The van der Waals surface area contributed by atoms with Crippen LogP contribution in [0.2, 0.25) is 5.02 Å². The van der Waals surface area contributed by atoms with Gasteiger partial charge in [0.1, 0.15) is 5.82 Å². The molecule has 154 valence electrons. The third-order valence-electron chi connectivity index (χ3n) is 5.76. The number of para-hydroxylation sites is 1. The number of anilines is 2. The highest BCUT2D eigenvalue weighted by Gasteiger charge is 2.26. The first-order valence-electron chi connectivity index (χ1n) is 10.4. The molecule has 0 saturated carbocycles. The highest BCUT2D eigenvalue weighted by atomic mass is 35.5. The lowest BCUT2D eigenvalue weighted by Crippen LogP contribution is -2.46. The zero-order valence-electron chi connectivity index (χ0n) is 16.9. The number of rotatable bonds is 5. The van der Waals surface area contributed by atoms with Gasteiger partial charge in [-0.1, -0.05) is 29.8 Å². The van der Waals surface area contributed by atoms with Crippen LogP contribution in [0.3, 0.4) is 0 Å². The molecule has 2 fully saturated rings. The molecule has 2 saturated heterocycles. The van der Waals surface area contributed by atoms with E-state index in [1.54, 1.807) is 6.20 Å². The molecule has 4 rings (SSSR count). The molecule has 2 aliphatic rings. The van der Waals surface area contributed by atoms with Crippen LogP contribution in [0.5, 0.6) is 0 Å². The smallest absolute Gasteiger partial charge is 0.191 e. The van der Waals surface area contributed by atoms with Crippen molar-refractivity contribution >= 4 is 29.1 Å². The van der Waals surface area contributed by atoms with Crippen molar-refractivity contribution in [3.8, 4) is 0 Å². The molecule has 2 unspecified atom stereocenters. The largest absolute Gasteiger partial charge is 0.371 e. The Morgan fingerprint density at radius 3 is 2.72 bits per heavy atom. The van der Waals surface area contributed by atoms with Crippen molar-refractivity contribution in [2.75, 3.05) is 49.6 Å². The fourth-order valence-electron chi connectivity index (χ4n) is 4.18. The minimum atomic E-state index is 0.337. The summed E-state index contributed by atoms with van der Waals surface area (Å²) in [7, 11) is 1.84. The predicted molar refractivity (Wildman–Crippen MR) is 121 cm³/mol. The molecule has 0 radical (unpaired) electrons. The molecular weight excluding hydrogens is 384 g/mol. The maximum atomic E-state index is 6.30. The molecule has 29 heavy (non-hydrogen) atoms. The van der Waals surface area contributed by atoms with Gasteiger partial charge in [-0.3, -0.25) is 4.99 Å². The molecule has 0 aliphatic carbocycles. The van der Waals surface area contributed by atoms with Crippen LogP contribution in [0.15, 0.2) is 53.7 Å². The Morgan fingerprint density at radius 2 is 1.93 bits per heavy atom. The summed E-state index contributed by atoms with van der Waals surface area (Å²) >= 11 is 6.30. The number of halogens is 1. The van der Waals surface area contributed by atoms with E-state index in [2.05, 4.69) is 60.7 Å². The van der Waals surface area contributed by atoms with Gasteiger partial charge < -0.3 is 20.4 Å². The molecule has 1 aromatic heterocycles. The number of nitrogens with one attached hydrogen (secondary N) is 2. The van der Waals surface area contributed by atoms with Crippen molar-refractivity contribution in [3.63, 3.8) is 0 Å². The van der Waals surface area contributed by atoms with Crippen LogP contribution in [0.25, 0.3) is 0 Å². The summed E-state index contributed by atoms with van der Waals surface area (Å²) in [5.74, 6) is 2.37. The highest BCUT2D eigenvalue weighted by molar-refractivity contribution is 6.32. The van der Waals surface area contributed by atoms with Crippen molar-refractivity contribution in [1.29, 1.82) is 0 Å². The lowest BCUT2D eigenvalue weighted by atomic mass is 10.1. The average molecular weight is 413 g/mol.